The third-order valence-corrected chi connectivity index (χ3v) is 5.13. The molecule has 8 heteroatoms. The summed E-state index contributed by atoms with van der Waals surface area (Å²) >= 11 is 0. The molecule has 0 radical (unpaired) electrons. The number of amides is 1. The van der Waals surface area contributed by atoms with Gasteiger partial charge in [-0.3, -0.25) is 4.79 Å². The standard InChI is InChI=1S/C12H14F2N2O3S/c1-12(2-3-20(18,19)6-12)16-11(17)8-4-7(13)5-9(15)10(8)14/h4-5H,2-3,6,15H2,1H3,(H,16,17). The highest BCUT2D eigenvalue weighted by atomic mass is 32.2. The molecule has 1 unspecified atom stereocenters. The van der Waals surface area contributed by atoms with E-state index in [2.05, 4.69) is 5.32 Å². The summed E-state index contributed by atoms with van der Waals surface area (Å²) in [5.41, 5.74) is 3.26. The van der Waals surface area contributed by atoms with Crippen LogP contribution < -0.4 is 11.1 Å². The highest BCUT2D eigenvalue weighted by molar-refractivity contribution is 7.91. The highest BCUT2D eigenvalue weighted by Crippen LogP contribution is 2.24. The number of rotatable bonds is 2. The zero-order chi connectivity index (χ0) is 15.1. The average molecular weight is 304 g/mol. The number of halogens is 2. The van der Waals surface area contributed by atoms with E-state index in [0.717, 1.165) is 12.1 Å². The van der Waals surface area contributed by atoms with Gasteiger partial charge in [0.2, 0.25) is 0 Å². The minimum Gasteiger partial charge on any atom is -0.396 e. The van der Waals surface area contributed by atoms with E-state index in [0.29, 0.717) is 0 Å². The van der Waals surface area contributed by atoms with Crippen molar-refractivity contribution in [2.24, 2.45) is 0 Å². The lowest BCUT2D eigenvalue weighted by atomic mass is 10.0. The first-order valence-corrected chi connectivity index (χ1v) is 7.71. The molecule has 0 spiro atoms. The molecule has 0 aliphatic carbocycles. The Morgan fingerprint density at radius 3 is 2.60 bits per heavy atom. The van der Waals surface area contributed by atoms with Crippen LogP contribution in [0, 0.1) is 11.6 Å². The molecule has 0 saturated carbocycles. The summed E-state index contributed by atoms with van der Waals surface area (Å²) in [6, 6.07) is 1.50. The van der Waals surface area contributed by atoms with Gasteiger partial charge in [-0.2, -0.15) is 0 Å². The summed E-state index contributed by atoms with van der Waals surface area (Å²) in [4.78, 5) is 12.0. The molecule has 1 aromatic rings. The van der Waals surface area contributed by atoms with E-state index in [9.17, 15) is 22.0 Å². The molecular formula is C12H14F2N2O3S. The molecule has 1 aliphatic heterocycles. The zero-order valence-corrected chi connectivity index (χ0v) is 11.6. The molecule has 5 nitrogen and oxygen atoms in total. The molecule has 0 aromatic heterocycles. The lowest BCUT2D eigenvalue weighted by Gasteiger charge is -2.24. The van der Waals surface area contributed by atoms with E-state index in [1.165, 1.54) is 0 Å². The van der Waals surface area contributed by atoms with E-state index >= 15 is 0 Å². The van der Waals surface area contributed by atoms with Gasteiger partial charge in [0, 0.05) is 0 Å². The van der Waals surface area contributed by atoms with Crippen LogP contribution in [0.25, 0.3) is 0 Å². The number of anilines is 1. The van der Waals surface area contributed by atoms with Gasteiger partial charge >= 0.3 is 0 Å². The van der Waals surface area contributed by atoms with Crippen molar-refractivity contribution in [1.29, 1.82) is 0 Å². The third-order valence-electron chi connectivity index (χ3n) is 3.23. The second-order valence-corrected chi connectivity index (χ2v) is 7.40. The number of hydrogen-bond acceptors (Lipinski definition) is 4. The van der Waals surface area contributed by atoms with Crippen molar-refractivity contribution < 1.29 is 22.0 Å². The fourth-order valence-electron chi connectivity index (χ4n) is 2.23. The second-order valence-electron chi connectivity index (χ2n) is 5.21. The average Bonchev–Trinajstić information content (AvgIpc) is 2.57. The van der Waals surface area contributed by atoms with Crippen molar-refractivity contribution in [2.75, 3.05) is 17.2 Å². The van der Waals surface area contributed by atoms with Crippen LogP contribution in [0.15, 0.2) is 12.1 Å². The van der Waals surface area contributed by atoms with Crippen LogP contribution in [-0.2, 0) is 9.84 Å². The predicted octanol–water partition coefficient (Wildman–Crippen LogP) is 0.854. The number of carbonyl (C=O) groups excluding carboxylic acids is 1. The molecule has 1 amide bonds. The number of nitrogens with one attached hydrogen (secondary N) is 1. The third kappa shape index (κ3) is 2.90. The van der Waals surface area contributed by atoms with Gasteiger partial charge in [-0.05, 0) is 25.5 Å². The minimum absolute atomic E-state index is 0.0441. The molecule has 1 heterocycles. The summed E-state index contributed by atoms with van der Waals surface area (Å²) in [5.74, 6) is -3.00. The molecule has 2 rings (SSSR count). The van der Waals surface area contributed by atoms with Crippen molar-refractivity contribution in [2.45, 2.75) is 18.9 Å². The van der Waals surface area contributed by atoms with Gasteiger partial charge in [0.1, 0.15) is 5.82 Å². The van der Waals surface area contributed by atoms with Gasteiger partial charge in [-0.25, -0.2) is 17.2 Å². The van der Waals surface area contributed by atoms with Crippen LogP contribution in [0.5, 0.6) is 0 Å². The lowest BCUT2D eigenvalue weighted by molar-refractivity contribution is 0.0911. The summed E-state index contributed by atoms with van der Waals surface area (Å²) < 4.78 is 49.8. The van der Waals surface area contributed by atoms with Crippen LogP contribution in [0.1, 0.15) is 23.7 Å². The number of benzene rings is 1. The largest absolute Gasteiger partial charge is 0.396 e. The molecule has 1 fully saturated rings. The van der Waals surface area contributed by atoms with Crippen LogP contribution >= 0.6 is 0 Å². The minimum atomic E-state index is -3.22. The SMILES string of the molecule is CC1(NC(=O)c2cc(F)cc(N)c2F)CCS(=O)(=O)C1. The normalized spacial score (nSPS) is 24.6. The Hall–Kier alpha value is -1.70. The van der Waals surface area contributed by atoms with Gasteiger partial charge in [-0.15, -0.1) is 0 Å². The second kappa shape index (κ2) is 4.69. The summed E-state index contributed by atoms with van der Waals surface area (Å²) in [6.07, 6.45) is 0.230. The molecule has 1 atom stereocenters. The zero-order valence-electron chi connectivity index (χ0n) is 10.7. The summed E-state index contributed by atoms with van der Waals surface area (Å²) in [7, 11) is -3.22. The first kappa shape index (κ1) is 14.7. The maximum atomic E-state index is 13.7. The van der Waals surface area contributed by atoms with E-state index in [1.54, 1.807) is 6.92 Å². The Bertz CT molecular complexity index is 676. The maximum Gasteiger partial charge on any atom is 0.254 e. The quantitative estimate of drug-likeness (QED) is 0.793. The number of sulfone groups is 1. The number of nitrogens with two attached hydrogens (primary N) is 1. The van der Waals surface area contributed by atoms with Gasteiger partial charge in [-0.1, -0.05) is 0 Å². The first-order chi connectivity index (χ1) is 9.12. The van der Waals surface area contributed by atoms with Crippen LogP contribution in [0.2, 0.25) is 0 Å². The molecule has 1 aromatic carbocycles. The van der Waals surface area contributed by atoms with Crippen molar-refractivity contribution in [1.82, 2.24) is 5.32 Å². The van der Waals surface area contributed by atoms with Crippen molar-refractivity contribution in [3.05, 3.63) is 29.3 Å². The topological polar surface area (TPSA) is 89.3 Å². The predicted molar refractivity (Wildman–Crippen MR) is 69.9 cm³/mol. The van der Waals surface area contributed by atoms with Crippen LogP contribution in [0.4, 0.5) is 14.5 Å². The summed E-state index contributed by atoms with van der Waals surface area (Å²) in [6.45, 7) is 1.55. The van der Waals surface area contributed by atoms with Gasteiger partial charge < -0.3 is 11.1 Å². The van der Waals surface area contributed by atoms with Crippen LogP contribution in [0.3, 0.4) is 0 Å². The molecule has 0 bridgehead atoms. The molecule has 1 saturated heterocycles. The Balaban J connectivity index is 2.26. The van der Waals surface area contributed by atoms with Gasteiger partial charge in [0.05, 0.1) is 28.3 Å². The molecule has 3 N–H and O–H groups in total. The molecule has 20 heavy (non-hydrogen) atoms. The number of carbonyl (C=O) groups is 1. The smallest absolute Gasteiger partial charge is 0.254 e. The van der Waals surface area contributed by atoms with Crippen molar-refractivity contribution in [3.8, 4) is 0 Å². The Labute approximate surface area is 115 Å². The fraction of sp³-hybridized carbons (Fsp3) is 0.417. The van der Waals surface area contributed by atoms with Gasteiger partial charge in [0.15, 0.2) is 15.7 Å². The monoisotopic (exact) mass is 304 g/mol. The molecule has 110 valence electrons. The molecule has 1 aliphatic rings. The van der Waals surface area contributed by atoms with E-state index < -0.39 is 44.2 Å². The van der Waals surface area contributed by atoms with E-state index in [-0.39, 0.29) is 17.9 Å². The van der Waals surface area contributed by atoms with Crippen molar-refractivity contribution in [3.63, 3.8) is 0 Å². The van der Waals surface area contributed by atoms with Crippen LogP contribution in [-0.4, -0.2) is 31.4 Å². The highest BCUT2D eigenvalue weighted by Gasteiger charge is 2.40. The number of nitrogen functional groups attached to an aromatic ring is 1. The van der Waals surface area contributed by atoms with E-state index in [1.807, 2.05) is 0 Å². The van der Waals surface area contributed by atoms with E-state index in [4.69, 9.17) is 5.73 Å². The van der Waals surface area contributed by atoms with Gasteiger partial charge in [0.25, 0.3) is 5.91 Å². The Morgan fingerprint density at radius 1 is 1.40 bits per heavy atom. The Morgan fingerprint density at radius 2 is 2.05 bits per heavy atom. The Kier molecular flexibility index (Phi) is 3.45. The first-order valence-electron chi connectivity index (χ1n) is 5.89. The number of hydrogen-bond donors (Lipinski definition) is 2. The summed E-state index contributed by atoms with van der Waals surface area (Å²) in [5, 5.41) is 2.44. The van der Waals surface area contributed by atoms with Crippen molar-refractivity contribution >= 4 is 21.4 Å². The fourth-order valence-corrected chi connectivity index (χ4v) is 4.32. The lowest BCUT2D eigenvalue weighted by Crippen LogP contribution is -2.47. The maximum absolute atomic E-state index is 13.7. The molecular weight excluding hydrogens is 290 g/mol.